The summed E-state index contributed by atoms with van der Waals surface area (Å²) in [4.78, 5) is 18.6. The summed E-state index contributed by atoms with van der Waals surface area (Å²) in [5, 5.41) is 0. The minimum Gasteiger partial charge on any atom is -0.488 e. The van der Waals surface area contributed by atoms with Crippen LogP contribution in [0.25, 0.3) is 0 Å². The van der Waals surface area contributed by atoms with Gasteiger partial charge in [-0.05, 0) is 80.2 Å². The number of piperidine rings is 1. The molecule has 3 aliphatic carbocycles. The number of rotatable bonds is 2. The zero-order valence-corrected chi connectivity index (χ0v) is 17.6. The second-order valence-electron chi connectivity index (χ2n) is 10.4. The van der Waals surface area contributed by atoms with Gasteiger partial charge in [-0.2, -0.15) is 0 Å². The van der Waals surface area contributed by atoms with Crippen LogP contribution in [-0.2, 0) is 4.79 Å². The molecular weight excluding hydrogens is 348 g/mol. The van der Waals surface area contributed by atoms with E-state index in [0.29, 0.717) is 23.5 Å². The van der Waals surface area contributed by atoms with Crippen molar-refractivity contribution in [3.8, 4) is 5.75 Å². The van der Waals surface area contributed by atoms with Crippen molar-refractivity contribution in [2.45, 2.75) is 77.4 Å². The lowest BCUT2D eigenvalue weighted by Gasteiger charge is -2.61. The lowest BCUT2D eigenvalue weighted by atomic mass is 9.47. The van der Waals surface area contributed by atoms with Crippen LogP contribution in [0.2, 0.25) is 0 Å². The number of carbonyl (C=O) groups excluding carboxylic acids is 1. The van der Waals surface area contributed by atoms with E-state index in [-0.39, 0.29) is 5.41 Å². The standard InChI is InChI=1S/C24H34N2O2/c1-23-13-11-22(27)26(3)20(23)8-6-17-18-7-9-21(24(18,2)12-10-19(17)23)28-16-5-4-14-25-15-16/h4-5,14-15,17-21H,6-13H2,1-3H3/t17-,18-,19+,20?,21?,23+,24-/m0/s1. The summed E-state index contributed by atoms with van der Waals surface area (Å²) in [6, 6.07) is 4.45. The van der Waals surface area contributed by atoms with E-state index in [1.165, 1.54) is 32.1 Å². The maximum absolute atomic E-state index is 12.3. The minimum atomic E-state index is 0.274. The van der Waals surface area contributed by atoms with E-state index < -0.39 is 0 Å². The monoisotopic (exact) mass is 382 g/mol. The third kappa shape index (κ3) is 2.55. The van der Waals surface area contributed by atoms with Gasteiger partial charge in [0.2, 0.25) is 5.91 Å². The highest BCUT2D eigenvalue weighted by Crippen LogP contribution is 2.65. The molecule has 1 aliphatic heterocycles. The summed E-state index contributed by atoms with van der Waals surface area (Å²) < 4.78 is 6.48. The van der Waals surface area contributed by atoms with Gasteiger partial charge in [0.15, 0.2) is 0 Å². The normalized spacial score (nSPS) is 45.2. The van der Waals surface area contributed by atoms with Crippen molar-refractivity contribution in [1.29, 1.82) is 0 Å². The Morgan fingerprint density at radius 1 is 1.07 bits per heavy atom. The van der Waals surface area contributed by atoms with Gasteiger partial charge < -0.3 is 9.64 Å². The van der Waals surface area contributed by atoms with Crippen LogP contribution in [0.4, 0.5) is 0 Å². The molecule has 1 saturated heterocycles. The third-order valence-corrected chi connectivity index (χ3v) is 9.38. The first-order chi connectivity index (χ1) is 13.4. The molecule has 0 N–H and O–H groups in total. The molecule has 4 aliphatic rings. The smallest absolute Gasteiger partial charge is 0.222 e. The largest absolute Gasteiger partial charge is 0.488 e. The average molecular weight is 383 g/mol. The number of hydrogen-bond acceptors (Lipinski definition) is 3. The average Bonchev–Trinajstić information content (AvgIpc) is 3.02. The van der Waals surface area contributed by atoms with Gasteiger partial charge in [0.1, 0.15) is 11.9 Å². The molecule has 1 aromatic heterocycles. The Morgan fingerprint density at radius 2 is 1.89 bits per heavy atom. The Balaban J connectivity index is 1.39. The predicted octanol–water partition coefficient (Wildman–Crippen LogP) is 4.69. The summed E-state index contributed by atoms with van der Waals surface area (Å²) in [6.07, 6.45) is 13.3. The van der Waals surface area contributed by atoms with Gasteiger partial charge in [0, 0.05) is 31.1 Å². The molecule has 5 rings (SSSR count). The molecule has 2 unspecified atom stereocenters. The van der Waals surface area contributed by atoms with Gasteiger partial charge in [0.05, 0.1) is 6.20 Å². The first-order valence-electron chi connectivity index (χ1n) is 11.3. The Hall–Kier alpha value is -1.58. The van der Waals surface area contributed by atoms with Gasteiger partial charge in [-0.25, -0.2) is 0 Å². The van der Waals surface area contributed by atoms with Crippen LogP contribution >= 0.6 is 0 Å². The molecule has 0 radical (unpaired) electrons. The van der Waals surface area contributed by atoms with Crippen LogP contribution in [0.5, 0.6) is 5.75 Å². The lowest BCUT2D eigenvalue weighted by Crippen LogP contribution is -2.61. The zero-order chi connectivity index (χ0) is 19.5. The lowest BCUT2D eigenvalue weighted by molar-refractivity contribution is -0.159. The highest BCUT2D eigenvalue weighted by atomic mass is 16.5. The number of hydrogen-bond donors (Lipinski definition) is 0. The maximum atomic E-state index is 12.3. The van der Waals surface area contributed by atoms with Gasteiger partial charge in [-0.3, -0.25) is 9.78 Å². The van der Waals surface area contributed by atoms with Crippen LogP contribution in [0.3, 0.4) is 0 Å². The van der Waals surface area contributed by atoms with Crippen molar-refractivity contribution in [2.75, 3.05) is 7.05 Å². The van der Waals surface area contributed by atoms with Crippen molar-refractivity contribution < 1.29 is 9.53 Å². The molecule has 0 bridgehead atoms. The van der Waals surface area contributed by atoms with E-state index >= 15 is 0 Å². The minimum absolute atomic E-state index is 0.274. The summed E-state index contributed by atoms with van der Waals surface area (Å²) in [5.74, 6) is 3.58. The van der Waals surface area contributed by atoms with E-state index in [1.54, 1.807) is 0 Å². The van der Waals surface area contributed by atoms with E-state index in [9.17, 15) is 4.79 Å². The molecule has 2 heterocycles. The Bertz CT molecular complexity index is 752. The van der Waals surface area contributed by atoms with Gasteiger partial charge >= 0.3 is 0 Å². The molecule has 7 atom stereocenters. The zero-order valence-electron chi connectivity index (χ0n) is 17.6. The number of aromatic nitrogens is 1. The Labute approximate surface area is 169 Å². The van der Waals surface area contributed by atoms with Crippen LogP contribution in [0, 0.1) is 28.6 Å². The first-order valence-corrected chi connectivity index (χ1v) is 11.3. The number of ether oxygens (including phenoxy) is 1. The van der Waals surface area contributed by atoms with E-state index in [0.717, 1.165) is 42.8 Å². The number of fused-ring (bicyclic) bond motifs is 5. The summed E-state index contributed by atoms with van der Waals surface area (Å²) in [7, 11) is 2.05. The number of pyridine rings is 1. The summed E-state index contributed by atoms with van der Waals surface area (Å²) >= 11 is 0. The quantitative estimate of drug-likeness (QED) is 0.745. The molecule has 1 amide bonds. The molecule has 4 nitrogen and oxygen atoms in total. The van der Waals surface area contributed by atoms with Crippen LogP contribution in [0.1, 0.15) is 65.2 Å². The molecule has 0 spiro atoms. The molecule has 1 aromatic rings. The fraction of sp³-hybridized carbons (Fsp3) is 0.750. The Morgan fingerprint density at radius 3 is 2.68 bits per heavy atom. The van der Waals surface area contributed by atoms with Gasteiger partial charge in [0.25, 0.3) is 0 Å². The van der Waals surface area contributed by atoms with Crippen molar-refractivity contribution in [3.63, 3.8) is 0 Å². The fourth-order valence-electron chi connectivity index (χ4n) is 7.88. The predicted molar refractivity (Wildman–Crippen MR) is 109 cm³/mol. The van der Waals surface area contributed by atoms with Crippen molar-refractivity contribution >= 4 is 5.91 Å². The van der Waals surface area contributed by atoms with Crippen molar-refractivity contribution in [3.05, 3.63) is 24.5 Å². The molecule has 28 heavy (non-hydrogen) atoms. The summed E-state index contributed by atoms with van der Waals surface area (Å²) in [5.41, 5.74) is 0.575. The Kier molecular flexibility index (Phi) is 4.26. The highest BCUT2D eigenvalue weighted by Gasteiger charge is 2.61. The molecule has 152 valence electrons. The molecule has 3 saturated carbocycles. The second-order valence-corrected chi connectivity index (χ2v) is 10.4. The van der Waals surface area contributed by atoms with Crippen LogP contribution in [-0.4, -0.2) is 35.0 Å². The maximum Gasteiger partial charge on any atom is 0.222 e. The molecule has 4 fully saturated rings. The topological polar surface area (TPSA) is 42.4 Å². The van der Waals surface area contributed by atoms with E-state index in [1.807, 2.05) is 31.6 Å². The van der Waals surface area contributed by atoms with Crippen molar-refractivity contribution in [2.24, 2.45) is 28.6 Å². The number of nitrogens with zero attached hydrogens (tertiary/aromatic N) is 2. The molecular formula is C24H34N2O2. The third-order valence-electron chi connectivity index (χ3n) is 9.38. The van der Waals surface area contributed by atoms with Gasteiger partial charge in [-0.1, -0.05) is 13.8 Å². The summed E-state index contributed by atoms with van der Waals surface area (Å²) in [6.45, 7) is 4.99. The van der Waals surface area contributed by atoms with Crippen molar-refractivity contribution in [1.82, 2.24) is 9.88 Å². The van der Waals surface area contributed by atoms with Crippen LogP contribution in [0.15, 0.2) is 24.5 Å². The SMILES string of the molecule is CN1C(=O)CC[C@@]2(C)C1CC[C@@H]1[C@H]2CC[C@]2(C)C(Oc3cccnc3)CC[C@@H]12. The number of likely N-dealkylation sites (tertiary alicyclic amines) is 1. The van der Waals surface area contributed by atoms with E-state index in [2.05, 4.69) is 23.7 Å². The number of carbonyl (C=O) groups is 1. The molecule has 4 heteroatoms. The first kappa shape index (κ1) is 18.4. The fourth-order valence-corrected chi connectivity index (χ4v) is 7.88. The van der Waals surface area contributed by atoms with E-state index in [4.69, 9.17) is 4.74 Å². The molecule has 0 aromatic carbocycles. The number of amides is 1. The highest BCUT2D eigenvalue weighted by molar-refractivity contribution is 5.77. The van der Waals surface area contributed by atoms with Crippen LogP contribution < -0.4 is 4.74 Å². The second kappa shape index (κ2) is 6.47. The van der Waals surface area contributed by atoms with Gasteiger partial charge in [-0.15, -0.1) is 0 Å².